The summed E-state index contributed by atoms with van der Waals surface area (Å²) in [6.45, 7) is 0. The summed E-state index contributed by atoms with van der Waals surface area (Å²) in [7, 11) is 1.04. The zero-order valence-corrected chi connectivity index (χ0v) is 8.06. The van der Waals surface area contributed by atoms with E-state index in [1.807, 2.05) is 0 Å². The molecule has 1 rings (SSSR count). The maximum atomic E-state index is 13.2. The highest BCUT2D eigenvalue weighted by Crippen LogP contribution is 2.22. The molecule has 7 heteroatoms. The van der Waals surface area contributed by atoms with Crippen LogP contribution in [0.3, 0.4) is 0 Å². The van der Waals surface area contributed by atoms with Crippen LogP contribution >= 0.6 is 0 Å². The molecular weight excluding hydrogens is 219 g/mol. The number of benzene rings is 1. The van der Waals surface area contributed by atoms with Crippen molar-refractivity contribution in [3.8, 4) is 6.07 Å². The minimum Gasteiger partial charge on any atom is -0.465 e. The van der Waals surface area contributed by atoms with E-state index in [4.69, 9.17) is 5.26 Å². The molecule has 0 aromatic heterocycles. The van der Waals surface area contributed by atoms with Crippen LogP contribution in [0.4, 0.5) is 10.1 Å². The van der Waals surface area contributed by atoms with E-state index in [2.05, 4.69) is 4.74 Å². The van der Waals surface area contributed by atoms with Crippen LogP contribution in [0.5, 0.6) is 0 Å². The van der Waals surface area contributed by atoms with Crippen LogP contribution in [0.25, 0.3) is 0 Å². The molecule has 0 amide bonds. The van der Waals surface area contributed by atoms with Crippen molar-refractivity contribution in [2.75, 3.05) is 7.11 Å². The average molecular weight is 224 g/mol. The van der Waals surface area contributed by atoms with E-state index in [-0.39, 0.29) is 0 Å². The SMILES string of the molecule is COC(=O)c1cc(C#N)c([N+](=O)[O-])cc1F. The zero-order chi connectivity index (χ0) is 12.3. The first kappa shape index (κ1) is 11.6. The lowest BCUT2D eigenvalue weighted by molar-refractivity contribution is -0.385. The summed E-state index contributed by atoms with van der Waals surface area (Å²) < 4.78 is 17.5. The minimum atomic E-state index is -1.10. The number of nitro groups is 1. The Balaban J connectivity index is 3.44. The standard InChI is InChI=1S/C9H5FN2O4/c1-16-9(13)6-2-5(4-11)8(12(14)15)3-7(6)10/h2-3H,1H3. The van der Waals surface area contributed by atoms with Gasteiger partial charge in [0, 0.05) is 0 Å². The first-order valence-electron chi connectivity index (χ1n) is 3.97. The van der Waals surface area contributed by atoms with Crippen LogP contribution in [-0.2, 0) is 4.74 Å². The topological polar surface area (TPSA) is 93.2 Å². The maximum Gasteiger partial charge on any atom is 0.340 e. The predicted octanol–water partition coefficient (Wildman–Crippen LogP) is 1.39. The van der Waals surface area contributed by atoms with Gasteiger partial charge in [0.2, 0.25) is 0 Å². The van der Waals surface area contributed by atoms with Crippen molar-refractivity contribution in [2.45, 2.75) is 0 Å². The molecule has 0 heterocycles. The molecule has 0 atom stereocenters. The average Bonchev–Trinajstić information content (AvgIpc) is 2.27. The van der Waals surface area contributed by atoms with Gasteiger partial charge in [-0.1, -0.05) is 0 Å². The summed E-state index contributed by atoms with van der Waals surface area (Å²) in [5, 5.41) is 19.1. The Bertz CT molecular complexity index is 507. The van der Waals surface area contributed by atoms with E-state index in [0.29, 0.717) is 6.07 Å². The Kier molecular flexibility index (Phi) is 3.15. The molecule has 0 saturated heterocycles. The number of methoxy groups -OCH3 is 1. The molecule has 0 aliphatic carbocycles. The van der Waals surface area contributed by atoms with Crippen molar-refractivity contribution >= 4 is 11.7 Å². The molecular formula is C9H5FN2O4. The van der Waals surface area contributed by atoms with E-state index in [1.54, 1.807) is 0 Å². The van der Waals surface area contributed by atoms with Crippen molar-refractivity contribution < 1.29 is 18.8 Å². The lowest BCUT2D eigenvalue weighted by Crippen LogP contribution is -2.06. The number of rotatable bonds is 2. The Morgan fingerprint density at radius 3 is 2.69 bits per heavy atom. The summed E-state index contributed by atoms with van der Waals surface area (Å²) in [4.78, 5) is 20.6. The van der Waals surface area contributed by atoms with Crippen molar-refractivity contribution in [2.24, 2.45) is 0 Å². The largest absolute Gasteiger partial charge is 0.465 e. The van der Waals surface area contributed by atoms with Crippen molar-refractivity contribution in [3.63, 3.8) is 0 Å². The Hall–Kier alpha value is -2.49. The quantitative estimate of drug-likeness (QED) is 0.430. The minimum absolute atomic E-state index is 0.396. The van der Waals surface area contributed by atoms with Gasteiger partial charge in [0.15, 0.2) is 0 Å². The number of esters is 1. The van der Waals surface area contributed by atoms with Gasteiger partial charge in [-0.3, -0.25) is 10.1 Å². The van der Waals surface area contributed by atoms with Gasteiger partial charge in [-0.2, -0.15) is 5.26 Å². The molecule has 0 N–H and O–H groups in total. The van der Waals surface area contributed by atoms with Crippen LogP contribution in [0.2, 0.25) is 0 Å². The van der Waals surface area contributed by atoms with E-state index >= 15 is 0 Å². The molecule has 16 heavy (non-hydrogen) atoms. The van der Waals surface area contributed by atoms with Crippen LogP contribution in [0.1, 0.15) is 15.9 Å². The van der Waals surface area contributed by atoms with Crippen molar-refractivity contribution in [3.05, 3.63) is 39.2 Å². The summed E-state index contributed by atoms with van der Waals surface area (Å²) in [5.74, 6) is -2.10. The van der Waals surface area contributed by atoms with Crippen LogP contribution in [-0.4, -0.2) is 18.0 Å². The fourth-order valence-corrected chi connectivity index (χ4v) is 1.07. The highest BCUT2D eigenvalue weighted by atomic mass is 19.1. The second-order valence-electron chi connectivity index (χ2n) is 2.71. The first-order chi connectivity index (χ1) is 7.51. The number of nitro benzene ring substituents is 1. The summed E-state index contributed by atoms with van der Waals surface area (Å²) in [5.41, 5.74) is -1.59. The van der Waals surface area contributed by atoms with Gasteiger partial charge in [-0.05, 0) is 6.07 Å². The number of nitriles is 1. The third kappa shape index (κ3) is 1.95. The molecule has 0 radical (unpaired) electrons. The lowest BCUT2D eigenvalue weighted by Gasteiger charge is -2.01. The molecule has 0 fully saturated rings. The fraction of sp³-hybridized carbons (Fsp3) is 0.111. The summed E-state index contributed by atoms with van der Waals surface area (Å²) in [6, 6.07) is 2.82. The third-order valence-electron chi connectivity index (χ3n) is 1.81. The second kappa shape index (κ2) is 4.35. The Labute approximate surface area is 89.0 Å². The predicted molar refractivity (Wildman–Crippen MR) is 49.1 cm³/mol. The molecule has 0 unspecified atom stereocenters. The highest BCUT2D eigenvalue weighted by molar-refractivity contribution is 5.90. The van der Waals surface area contributed by atoms with Crippen molar-refractivity contribution in [1.82, 2.24) is 0 Å². The number of carbonyl (C=O) groups excluding carboxylic acids is 1. The summed E-state index contributed by atoms with van der Waals surface area (Å²) >= 11 is 0. The number of halogens is 1. The smallest absolute Gasteiger partial charge is 0.340 e. The molecule has 0 saturated carbocycles. The Morgan fingerprint density at radius 1 is 1.62 bits per heavy atom. The zero-order valence-electron chi connectivity index (χ0n) is 8.06. The van der Waals surface area contributed by atoms with Gasteiger partial charge >= 0.3 is 5.97 Å². The van der Waals surface area contributed by atoms with E-state index < -0.39 is 33.5 Å². The maximum absolute atomic E-state index is 13.2. The lowest BCUT2D eigenvalue weighted by atomic mass is 10.1. The number of nitrogens with zero attached hydrogens (tertiary/aromatic N) is 2. The van der Waals surface area contributed by atoms with E-state index in [0.717, 1.165) is 13.2 Å². The van der Waals surface area contributed by atoms with Gasteiger partial charge in [-0.25, -0.2) is 9.18 Å². The van der Waals surface area contributed by atoms with Gasteiger partial charge in [0.25, 0.3) is 5.69 Å². The molecule has 82 valence electrons. The van der Waals surface area contributed by atoms with Crippen LogP contribution < -0.4 is 0 Å². The van der Waals surface area contributed by atoms with Gasteiger partial charge in [0.1, 0.15) is 17.4 Å². The second-order valence-corrected chi connectivity index (χ2v) is 2.71. The van der Waals surface area contributed by atoms with Gasteiger partial charge in [-0.15, -0.1) is 0 Å². The molecule has 0 bridgehead atoms. The van der Waals surface area contributed by atoms with Gasteiger partial charge < -0.3 is 4.74 Å². The van der Waals surface area contributed by atoms with Gasteiger partial charge in [0.05, 0.1) is 23.7 Å². The number of hydrogen-bond donors (Lipinski definition) is 0. The molecule has 6 nitrogen and oxygen atoms in total. The molecule has 1 aromatic carbocycles. The fourth-order valence-electron chi connectivity index (χ4n) is 1.07. The highest BCUT2D eigenvalue weighted by Gasteiger charge is 2.21. The van der Waals surface area contributed by atoms with E-state index in [1.165, 1.54) is 6.07 Å². The van der Waals surface area contributed by atoms with Crippen LogP contribution in [0.15, 0.2) is 12.1 Å². The number of hydrogen-bond acceptors (Lipinski definition) is 5. The first-order valence-corrected chi connectivity index (χ1v) is 3.97. The molecule has 0 spiro atoms. The Morgan fingerprint density at radius 2 is 2.25 bits per heavy atom. The number of carbonyl (C=O) groups is 1. The number of ether oxygens (including phenoxy) is 1. The molecule has 0 aliphatic heterocycles. The molecule has 0 aliphatic rings. The monoisotopic (exact) mass is 224 g/mol. The van der Waals surface area contributed by atoms with E-state index in [9.17, 15) is 19.3 Å². The molecule has 1 aromatic rings. The van der Waals surface area contributed by atoms with Crippen LogP contribution in [0, 0.1) is 27.3 Å². The summed E-state index contributed by atoms with van der Waals surface area (Å²) in [6.07, 6.45) is 0. The normalized spacial score (nSPS) is 9.31. The third-order valence-corrected chi connectivity index (χ3v) is 1.81. The van der Waals surface area contributed by atoms with Crippen molar-refractivity contribution in [1.29, 1.82) is 5.26 Å².